The van der Waals surface area contributed by atoms with Crippen LogP contribution in [0.2, 0.25) is 0 Å². The molecule has 0 bridgehead atoms. The third kappa shape index (κ3) is 6.08. The van der Waals surface area contributed by atoms with Crippen molar-refractivity contribution in [3.63, 3.8) is 0 Å². The minimum absolute atomic E-state index is 0. The van der Waals surface area contributed by atoms with E-state index in [1.807, 2.05) is 25.2 Å². The summed E-state index contributed by atoms with van der Waals surface area (Å²) >= 11 is 0. The molecule has 0 atom stereocenters. The fourth-order valence-corrected chi connectivity index (χ4v) is 2.49. The zero-order valence-electron chi connectivity index (χ0n) is 13.4. The first-order valence-electron chi connectivity index (χ1n) is 7.71. The zero-order valence-corrected chi connectivity index (χ0v) is 14.2. The topological polar surface area (TPSA) is 73.5 Å². The van der Waals surface area contributed by atoms with Gasteiger partial charge in [-0.2, -0.15) is 0 Å². The van der Waals surface area contributed by atoms with Gasteiger partial charge in [0.1, 0.15) is 0 Å². The van der Waals surface area contributed by atoms with Gasteiger partial charge in [-0.15, -0.1) is 12.4 Å². The van der Waals surface area contributed by atoms with Crippen molar-refractivity contribution in [1.29, 1.82) is 0 Å². The standard InChI is InChI=1S/C16H24N4O2.ClH/c1-17-8-4-9-18-15(21)11-19-16(22)20-10-7-13-5-2-3-6-14(13)12-20;/h2-3,5-6,17H,4,7-12H2,1H3,(H,18,21)(H,19,22);1H. The summed E-state index contributed by atoms with van der Waals surface area (Å²) in [7, 11) is 1.87. The molecule has 0 aromatic heterocycles. The normalized spacial score (nSPS) is 12.8. The van der Waals surface area contributed by atoms with E-state index in [2.05, 4.69) is 22.0 Å². The van der Waals surface area contributed by atoms with Crippen LogP contribution in [-0.2, 0) is 17.8 Å². The molecule has 1 aromatic carbocycles. The van der Waals surface area contributed by atoms with Gasteiger partial charge in [-0.1, -0.05) is 24.3 Å². The summed E-state index contributed by atoms with van der Waals surface area (Å²) in [6.07, 6.45) is 1.74. The second-order valence-electron chi connectivity index (χ2n) is 5.41. The lowest BCUT2D eigenvalue weighted by Crippen LogP contribution is -2.46. The van der Waals surface area contributed by atoms with E-state index in [1.54, 1.807) is 4.90 Å². The number of urea groups is 1. The lowest BCUT2D eigenvalue weighted by atomic mass is 10.0. The van der Waals surface area contributed by atoms with Crippen molar-refractivity contribution < 1.29 is 9.59 Å². The number of nitrogens with zero attached hydrogens (tertiary/aromatic N) is 1. The monoisotopic (exact) mass is 340 g/mol. The van der Waals surface area contributed by atoms with Crippen molar-refractivity contribution in [3.05, 3.63) is 35.4 Å². The van der Waals surface area contributed by atoms with Crippen LogP contribution >= 0.6 is 12.4 Å². The number of carbonyl (C=O) groups excluding carboxylic acids is 2. The predicted octanol–water partition coefficient (Wildman–Crippen LogP) is 0.902. The molecule has 0 unspecified atom stereocenters. The highest BCUT2D eigenvalue weighted by molar-refractivity contribution is 5.85. The fourth-order valence-electron chi connectivity index (χ4n) is 2.49. The summed E-state index contributed by atoms with van der Waals surface area (Å²) in [4.78, 5) is 25.5. The Kier molecular flexibility index (Phi) is 8.43. The van der Waals surface area contributed by atoms with Crippen molar-refractivity contribution in [1.82, 2.24) is 20.9 Å². The van der Waals surface area contributed by atoms with Crippen LogP contribution in [0.4, 0.5) is 4.79 Å². The van der Waals surface area contributed by atoms with Crippen LogP contribution in [0.3, 0.4) is 0 Å². The van der Waals surface area contributed by atoms with E-state index in [9.17, 15) is 9.59 Å². The molecule has 23 heavy (non-hydrogen) atoms. The highest BCUT2D eigenvalue weighted by atomic mass is 35.5. The third-order valence-corrected chi connectivity index (χ3v) is 3.74. The molecular formula is C16H25ClN4O2. The lowest BCUT2D eigenvalue weighted by Gasteiger charge is -2.28. The molecule has 7 heteroatoms. The average Bonchev–Trinajstić information content (AvgIpc) is 2.56. The van der Waals surface area contributed by atoms with Gasteiger partial charge in [0.15, 0.2) is 0 Å². The summed E-state index contributed by atoms with van der Waals surface area (Å²) in [6.45, 7) is 2.79. The molecule has 0 saturated heterocycles. The average molecular weight is 341 g/mol. The van der Waals surface area contributed by atoms with Crippen LogP contribution in [0.15, 0.2) is 24.3 Å². The van der Waals surface area contributed by atoms with Gasteiger partial charge in [0, 0.05) is 19.6 Å². The zero-order chi connectivity index (χ0) is 15.8. The van der Waals surface area contributed by atoms with Crippen molar-refractivity contribution in [2.45, 2.75) is 19.4 Å². The number of benzene rings is 1. The van der Waals surface area contributed by atoms with Crippen LogP contribution in [0.5, 0.6) is 0 Å². The second-order valence-corrected chi connectivity index (χ2v) is 5.41. The van der Waals surface area contributed by atoms with E-state index in [-0.39, 0.29) is 30.9 Å². The minimum Gasteiger partial charge on any atom is -0.355 e. The van der Waals surface area contributed by atoms with Crippen LogP contribution < -0.4 is 16.0 Å². The largest absolute Gasteiger partial charge is 0.355 e. The van der Waals surface area contributed by atoms with Gasteiger partial charge in [0.25, 0.3) is 0 Å². The van der Waals surface area contributed by atoms with Crippen LogP contribution in [-0.4, -0.2) is 50.1 Å². The number of carbonyl (C=O) groups is 2. The molecule has 0 spiro atoms. The maximum absolute atomic E-state index is 12.1. The van der Waals surface area contributed by atoms with Crippen LogP contribution in [0.1, 0.15) is 17.5 Å². The highest BCUT2D eigenvalue weighted by Crippen LogP contribution is 2.18. The molecule has 3 N–H and O–H groups in total. The Morgan fingerprint density at radius 1 is 1.13 bits per heavy atom. The molecule has 1 aliphatic rings. The summed E-state index contributed by atoms with van der Waals surface area (Å²) < 4.78 is 0. The van der Waals surface area contributed by atoms with Gasteiger partial charge in [-0.05, 0) is 37.6 Å². The molecule has 0 radical (unpaired) electrons. The van der Waals surface area contributed by atoms with E-state index in [0.717, 1.165) is 19.4 Å². The number of fused-ring (bicyclic) bond motifs is 1. The van der Waals surface area contributed by atoms with E-state index >= 15 is 0 Å². The van der Waals surface area contributed by atoms with Crippen LogP contribution in [0.25, 0.3) is 0 Å². The van der Waals surface area contributed by atoms with Crippen molar-refractivity contribution in [2.75, 3.05) is 33.2 Å². The number of hydrogen-bond donors (Lipinski definition) is 3. The first-order chi connectivity index (χ1) is 10.7. The summed E-state index contributed by atoms with van der Waals surface area (Å²) in [5.41, 5.74) is 2.48. The highest BCUT2D eigenvalue weighted by Gasteiger charge is 2.20. The second kappa shape index (κ2) is 10.1. The molecule has 0 aliphatic carbocycles. The Labute approximate surface area is 143 Å². The van der Waals surface area contributed by atoms with Gasteiger partial charge in [0.2, 0.25) is 5.91 Å². The lowest BCUT2D eigenvalue weighted by molar-refractivity contribution is -0.120. The van der Waals surface area contributed by atoms with Crippen molar-refractivity contribution >= 4 is 24.3 Å². The van der Waals surface area contributed by atoms with Gasteiger partial charge < -0.3 is 20.9 Å². The van der Waals surface area contributed by atoms with Crippen molar-refractivity contribution in [2.24, 2.45) is 0 Å². The molecule has 128 valence electrons. The smallest absolute Gasteiger partial charge is 0.318 e. The first kappa shape index (κ1) is 19.3. The van der Waals surface area contributed by atoms with Gasteiger partial charge in [-0.3, -0.25) is 4.79 Å². The Morgan fingerprint density at radius 2 is 1.87 bits per heavy atom. The third-order valence-electron chi connectivity index (χ3n) is 3.74. The molecular weight excluding hydrogens is 316 g/mol. The summed E-state index contributed by atoms with van der Waals surface area (Å²) in [6, 6.07) is 7.97. The van der Waals surface area contributed by atoms with E-state index in [0.29, 0.717) is 19.6 Å². The van der Waals surface area contributed by atoms with Crippen LogP contribution in [0, 0.1) is 0 Å². The fraction of sp³-hybridized carbons (Fsp3) is 0.500. The SMILES string of the molecule is CNCCCNC(=O)CNC(=O)N1CCc2ccccc2C1.Cl. The Balaban J connectivity index is 0.00000264. The van der Waals surface area contributed by atoms with Crippen molar-refractivity contribution in [3.8, 4) is 0 Å². The molecule has 6 nitrogen and oxygen atoms in total. The van der Waals surface area contributed by atoms with Gasteiger partial charge in [-0.25, -0.2) is 4.79 Å². The Morgan fingerprint density at radius 3 is 2.61 bits per heavy atom. The number of hydrogen-bond acceptors (Lipinski definition) is 3. The van der Waals surface area contributed by atoms with E-state index in [4.69, 9.17) is 0 Å². The summed E-state index contributed by atoms with van der Waals surface area (Å²) in [5.74, 6) is -0.151. The minimum atomic E-state index is -0.181. The quantitative estimate of drug-likeness (QED) is 0.674. The molecule has 1 heterocycles. The molecule has 2 rings (SSSR count). The van der Waals surface area contributed by atoms with E-state index in [1.165, 1.54) is 11.1 Å². The molecule has 0 fully saturated rings. The number of rotatable bonds is 6. The molecule has 1 aromatic rings. The maximum Gasteiger partial charge on any atom is 0.318 e. The molecule has 0 saturated carbocycles. The summed E-state index contributed by atoms with van der Waals surface area (Å²) in [5, 5.41) is 8.48. The first-order valence-corrected chi connectivity index (χ1v) is 7.71. The molecule has 3 amide bonds. The Bertz CT molecular complexity index is 525. The van der Waals surface area contributed by atoms with Gasteiger partial charge in [0.05, 0.1) is 6.54 Å². The van der Waals surface area contributed by atoms with E-state index < -0.39 is 0 Å². The predicted molar refractivity (Wildman–Crippen MR) is 92.8 cm³/mol. The number of amides is 3. The Hall–Kier alpha value is -1.79. The van der Waals surface area contributed by atoms with Gasteiger partial charge >= 0.3 is 6.03 Å². The number of nitrogens with one attached hydrogen (secondary N) is 3. The number of halogens is 1. The molecule has 1 aliphatic heterocycles. The maximum atomic E-state index is 12.1.